The largest absolute Gasteiger partial charge is 0.480 e. The van der Waals surface area contributed by atoms with Crippen LogP contribution in [0.5, 0.6) is 0 Å². The molecule has 1 aromatic rings. The van der Waals surface area contributed by atoms with E-state index in [1.165, 1.54) is 19.3 Å². The third-order valence-electron chi connectivity index (χ3n) is 4.70. The maximum absolute atomic E-state index is 11.1. The Labute approximate surface area is 119 Å². The Kier molecular flexibility index (Phi) is 3.83. The Morgan fingerprint density at radius 1 is 1.40 bits per heavy atom. The number of nitrogens with zero attached hydrogens (tertiary/aromatic N) is 1. The lowest BCUT2D eigenvalue weighted by Gasteiger charge is -2.25. The molecule has 0 saturated heterocycles. The van der Waals surface area contributed by atoms with Crippen molar-refractivity contribution in [3.63, 3.8) is 0 Å². The van der Waals surface area contributed by atoms with Crippen LogP contribution in [0.2, 0.25) is 0 Å². The van der Waals surface area contributed by atoms with Gasteiger partial charge in [0.1, 0.15) is 11.5 Å². The highest BCUT2D eigenvalue weighted by atomic mass is 16.4. The van der Waals surface area contributed by atoms with Gasteiger partial charge in [0.15, 0.2) is 0 Å². The van der Waals surface area contributed by atoms with Gasteiger partial charge < -0.3 is 9.52 Å². The van der Waals surface area contributed by atoms with Crippen molar-refractivity contribution in [3.05, 3.63) is 23.7 Å². The number of hydrogen-bond acceptors (Lipinski definition) is 3. The van der Waals surface area contributed by atoms with Crippen LogP contribution < -0.4 is 0 Å². The summed E-state index contributed by atoms with van der Waals surface area (Å²) in [6.45, 7) is 2.97. The standard InChI is InChI=1S/C16H23NO3/c1-11-8-14(11)15-7-6-13(20-15)9-17(10-16(18)19)12-4-2-3-5-12/h6-7,11-12,14H,2-5,8-10H2,1H3,(H,18,19). The number of furan rings is 1. The summed E-state index contributed by atoms with van der Waals surface area (Å²) in [7, 11) is 0. The predicted octanol–water partition coefficient (Wildman–Crippen LogP) is 3.23. The Morgan fingerprint density at radius 2 is 2.10 bits per heavy atom. The fourth-order valence-electron chi connectivity index (χ4n) is 3.35. The van der Waals surface area contributed by atoms with Crippen molar-refractivity contribution in [3.8, 4) is 0 Å². The number of aliphatic carboxylic acids is 1. The maximum Gasteiger partial charge on any atom is 0.317 e. The lowest BCUT2D eigenvalue weighted by atomic mass is 10.2. The van der Waals surface area contributed by atoms with Crippen molar-refractivity contribution in [2.75, 3.05) is 6.54 Å². The molecule has 2 atom stereocenters. The second-order valence-electron chi connectivity index (χ2n) is 6.36. The van der Waals surface area contributed by atoms with Gasteiger partial charge in [-0.2, -0.15) is 0 Å². The molecular formula is C16H23NO3. The number of rotatable bonds is 6. The third kappa shape index (κ3) is 3.06. The molecule has 0 bridgehead atoms. The minimum atomic E-state index is -0.750. The minimum absolute atomic E-state index is 0.112. The molecule has 1 heterocycles. The van der Waals surface area contributed by atoms with Gasteiger partial charge in [-0.05, 0) is 37.3 Å². The number of carbonyl (C=O) groups is 1. The van der Waals surface area contributed by atoms with Crippen molar-refractivity contribution in [2.45, 2.75) is 57.5 Å². The summed E-state index contributed by atoms with van der Waals surface area (Å²) in [5, 5.41) is 9.09. The van der Waals surface area contributed by atoms with E-state index in [-0.39, 0.29) is 6.54 Å². The van der Waals surface area contributed by atoms with Crippen LogP contribution in [0.4, 0.5) is 0 Å². The first-order chi connectivity index (χ1) is 9.63. The summed E-state index contributed by atoms with van der Waals surface area (Å²) >= 11 is 0. The minimum Gasteiger partial charge on any atom is -0.480 e. The summed E-state index contributed by atoms with van der Waals surface area (Å²) < 4.78 is 5.92. The highest BCUT2D eigenvalue weighted by Gasteiger charge is 2.36. The van der Waals surface area contributed by atoms with Gasteiger partial charge in [-0.3, -0.25) is 9.69 Å². The van der Waals surface area contributed by atoms with Gasteiger partial charge in [0, 0.05) is 12.0 Å². The van der Waals surface area contributed by atoms with E-state index in [9.17, 15) is 4.79 Å². The molecule has 110 valence electrons. The molecule has 1 N–H and O–H groups in total. The number of carboxylic acids is 1. The molecule has 3 rings (SSSR count). The molecule has 1 aromatic heterocycles. The summed E-state index contributed by atoms with van der Waals surface area (Å²) in [5.41, 5.74) is 0. The normalized spacial score (nSPS) is 26.3. The molecule has 4 nitrogen and oxygen atoms in total. The summed E-state index contributed by atoms with van der Waals surface area (Å²) in [5.74, 6) is 2.56. The highest BCUT2D eigenvalue weighted by Crippen LogP contribution is 2.47. The maximum atomic E-state index is 11.1. The zero-order chi connectivity index (χ0) is 14.1. The van der Waals surface area contributed by atoms with Crippen LogP contribution in [-0.2, 0) is 11.3 Å². The van der Waals surface area contributed by atoms with Gasteiger partial charge in [0.2, 0.25) is 0 Å². The lowest BCUT2D eigenvalue weighted by Crippen LogP contribution is -2.36. The van der Waals surface area contributed by atoms with Gasteiger partial charge in [0.05, 0.1) is 13.1 Å². The lowest BCUT2D eigenvalue weighted by molar-refractivity contribution is -0.139. The first-order valence-electron chi connectivity index (χ1n) is 7.68. The van der Waals surface area contributed by atoms with E-state index < -0.39 is 5.97 Å². The molecule has 2 saturated carbocycles. The zero-order valence-electron chi connectivity index (χ0n) is 12.0. The van der Waals surface area contributed by atoms with Crippen LogP contribution in [0.25, 0.3) is 0 Å². The Balaban J connectivity index is 1.65. The average Bonchev–Trinajstić information content (AvgIpc) is 2.88. The molecule has 0 radical (unpaired) electrons. The average molecular weight is 277 g/mol. The van der Waals surface area contributed by atoms with Crippen LogP contribution in [0.1, 0.15) is 56.5 Å². The summed E-state index contributed by atoms with van der Waals surface area (Å²) in [4.78, 5) is 13.1. The fourth-order valence-corrected chi connectivity index (χ4v) is 3.35. The van der Waals surface area contributed by atoms with Crippen molar-refractivity contribution in [1.29, 1.82) is 0 Å². The Morgan fingerprint density at radius 3 is 2.70 bits per heavy atom. The second-order valence-corrected chi connectivity index (χ2v) is 6.36. The van der Waals surface area contributed by atoms with E-state index in [0.29, 0.717) is 18.5 Å². The van der Waals surface area contributed by atoms with E-state index >= 15 is 0 Å². The Hall–Kier alpha value is -1.29. The number of carboxylic acid groups (broad SMARTS) is 1. The van der Waals surface area contributed by atoms with E-state index in [0.717, 1.165) is 30.3 Å². The molecule has 2 aliphatic rings. The summed E-state index contributed by atoms with van der Waals surface area (Å²) in [6.07, 6.45) is 5.86. The monoisotopic (exact) mass is 277 g/mol. The molecular weight excluding hydrogens is 254 g/mol. The molecule has 20 heavy (non-hydrogen) atoms. The zero-order valence-corrected chi connectivity index (χ0v) is 12.0. The first-order valence-corrected chi connectivity index (χ1v) is 7.68. The van der Waals surface area contributed by atoms with Gasteiger partial charge >= 0.3 is 5.97 Å². The molecule has 2 unspecified atom stereocenters. The Bertz CT molecular complexity index is 476. The third-order valence-corrected chi connectivity index (χ3v) is 4.70. The van der Waals surface area contributed by atoms with Crippen LogP contribution in [0.3, 0.4) is 0 Å². The molecule has 0 aliphatic heterocycles. The van der Waals surface area contributed by atoms with Crippen LogP contribution in [0.15, 0.2) is 16.5 Å². The van der Waals surface area contributed by atoms with Crippen molar-refractivity contribution >= 4 is 5.97 Å². The molecule has 0 amide bonds. The van der Waals surface area contributed by atoms with Crippen molar-refractivity contribution in [1.82, 2.24) is 4.90 Å². The van der Waals surface area contributed by atoms with E-state index in [2.05, 4.69) is 17.9 Å². The molecule has 4 heteroatoms. The second kappa shape index (κ2) is 5.60. The van der Waals surface area contributed by atoms with Crippen molar-refractivity contribution < 1.29 is 14.3 Å². The van der Waals surface area contributed by atoms with Crippen molar-refractivity contribution in [2.24, 2.45) is 5.92 Å². The van der Waals surface area contributed by atoms with Gasteiger partial charge in [-0.15, -0.1) is 0 Å². The van der Waals surface area contributed by atoms with E-state index in [4.69, 9.17) is 9.52 Å². The van der Waals surface area contributed by atoms with Crippen LogP contribution in [0, 0.1) is 5.92 Å². The van der Waals surface area contributed by atoms with E-state index in [1.54, 1.807) is 0 Å². The van der Waals surface area contributed by atoms with Crippen LogP contribution >= 0.6 is 0 Å². The van der Waals surface area contributed by atoms with Crippen LogP contribution in [-0.4, -0.2) is 28.6 Å². The van der Waals surface area contributed by atoms with Gasteiger partial charge in [0.25, 0.3) is 0 Å². The smallest absolute Gasteiger partial charge is 0.317 e. The topological polar surface area (TPSA) is 53.7 Å². The first kappa shape index (κ1) is 13.7. The predicted molar refractivity (Wildman–Crippen MR) is 75.5 cm³/mol. The molecule has 0 spiro atoms. The quantitative estimate of drug-likeness (QED) is 0.867. The molecule has 0 aromatic carbocycles. The SMILES string of the molecule is CC1CC1c1ccc(CN(CC(=O)O)C2CCCC2)o1. The highest BCUT2D eigenvalue weighted by molar-refractivity contribution is 5.69. The molecule has 2 aliphatic carbocycles. The van der Waals surface area contributed by atoms with E-state index in [1.807, 2.05) is 6.07 Å². The van der Waals surface area contributed by atoms with Gasteiger partial charge in [-0.25, -0.2) is 0 Å². The number of hydrogen-bond donors (Lipinski definition) is 1. The molecule has 2 fully saturated rings. The van der Waals surface area contributed by atoms with Gasteiger partial charge in [-0.1, -0.05) is 19.8 Å². The summed E-state index contributed by atoms with van der Waals surface area (Å²) in [6, 6.07) is 4.49. The fraction of sp³-hybridized carbons (Fsp3) is 0.688.